The molecule has 62 heavy (non-hydrogen) atoms. The largest absolute Gasteiger partial charge is 0.0776 e. The molecule has 4 fully saturated rings. The molecule has 328 valence electrons. The maximum absolute atomic E-state index is 2.47. The molecule has 6 aromatic rings. The minimum Gasteiger partial charge on any atom is -0.0776 e. The predicted octanol–water partition coefficient (Wildman–Crippen LogP) is 18.8. The van der Waals surface area contributed by atoms with Crippen LogP contribution in [0, 0.1) is 44.4 Å². The average Bonchev–Trinajstić information content (AvgIpc) is 4.17. The second-order valence-electron chi connectivity index (χ2n) is 18.7. The van der Waals surface area contributed by atoms with E-state index >= 15 is 0 Å². The van der Waals surface area contributed by atoms with Gasteiger partial charge in [0.2, 0.25) is 0 Å². The highest BCUT2D eigenvalue weighted by Gasteiger charge is 2.32. The Kier molecular flexibility index (Phi) is 20.3. The normalized spacial score (nSPS) is 20.5. The van der Waals surface area contributed by atoms with Gasteiger partial charge in [0.1, 0.15) is 0 Å². The fourth-order valence-corrected chi connectivity index (χ4v) is 10.9. The van der Waals surface area contributed by atoms with Crippen molar-refractivity contribution in [3.8, 4) is 22.3 Å². The van der Waals surface area contributed by atoms with Crippen LogP contribution in [0.25, 0.3) is 22.3 Å². The molecule has 0 heteroatoms. The van der Waals surface area contributed by atoms with E-state index in [9.17, 15) is 0 Å². The Hall–Kier alpha value is -4.68. The van der Waals surface area contributed by atoms with Gasteiger partial charge in [-0.3, -0.25) is 0 Å². The quantitative estimate of drug-likeness (QED) is 0.162. The van der Waals surface area contributed by atoms with E-state index in [4.69, 9.17) is 0 Å². The SMILES string of the molecule is C.CC1CCCC1C1CCCC1.CC1CCCC1c1ccccc1.Cc1ccccc1-c1ccccc1.Cc1ccccc1-c1ccccc1.Cc1ccccc1C1CCCC1. The van der Waals surface area contributed by atoms with E-state index in [1.54, 1.807) is 30.4 Å². The van der Waals surface area contributed by atoms with Gasteiger partial charge >= 0.3 is 0 Å². The smallest absolute Gasteiger partial charge is 0.0136 e. The Morgan fingerprint density at radius 1 is 0.355 bits per heavy atom. The average molecular weight is 825 g/mol. The molecule has 0 bridgehead atoms. The van der Waals surface area contributed by atoms with Crippen molar-refractivity contribution in [1.82, 2.24) is 0 Å². The molecule has 0 heterocycles. The lowest BCUT2D eigenvalue weighted by atomic mass is 9.84. The molecule has 0 saturated heterocycles. The van der Waals surface area contributed by atoms with E-state index in [2.05, 4.69) is 186 Å². The van der Waals surface area contributed by atoms with E-state index < -0.39 is 0 Å². The Morgan fingerprint density at radius 2 is 0.774 bits per heavy atom. The van der Waals surface area contributed by atoms with Crippen molar-refractivity contribution in [3.05, 3.63) is 192 Å². The van der Waals surface area contributed by atoms with Gasteiger partial charge in [0.05, 0.1) is 0 Å². The molecule has 0 radical (unpaired) electrons. The summed E-state index contributed by atoms with van der Waals surface area (Å²) < 4.78 is 0. The maximum Gasteiger partial charge on any atom is -0.0136 e. The second-order valence-corrected chi connectivity index (χ2v) is 18.7. The maximum atomic E-state index is 2.47. The van der Waals surface area contributed by atoms with Crippen LogP contribution >= 0.6 is 0 Å². The summed E-state index contributed by atoms with van der Waals surface area (Å²) in [6, 6.07) is 57.6. The van der Waals surface area contributed by atoms with Crippen molar-refractivity contribution >= 4 is 0 Å². The van der Waals surface area contributed by atoms with Gasteiger partial charge in [-0.1, -0.05) is 249 Å². The van der Waals surface area contributed by atoms with Crippen molar-refractivity contribution in [1.29, 1.82) is 0 Å². The molecule has 6 aromatic carbocycles. The summed E-state index contributed by atoms with van der Waals surface area (Å²) >= 11 is 0. The lowest BCUT2D eigenvalue weighted by Crippen LogP contribution is -2.13. The fraction of sp³-hybridized carbons (Fsp3) is 0.419. The number of hydrogen-bond acceptors (Lipinski definition) is 0. The van der Waals surface area contributed by atoms with Gasteiger partial charge in [-0.25, -0.2) is 0 Å². The molecule has 4 aliphatic carbocycles. The van der Waals surface area contributed by atoms with Crippen molar-refractivity contribution in [3.63, 3.8) is 0 Å². The summed E-state index contributed by atoms with van der Waals surface area (Å²) in [5.41, 5.74) is 12.5. The summed E-state index contributed by atoms with van der Waals surface area (Å²) in [7, 11) is 0. The van der Waals surface area contributed by atoms with Crippen LogP contribution in [0.3, 0.4) is 0 Å². The van der Waals surface area contributed by atoms with Crippen LogP contribution in [0.15, 0.2) is 164 Å². The van der Waals surface area contributed by atoms with Crippen molar-refractivity contribution in [2.24, 2.45) is 23.7 Å². The molecule has 0 spiro atoms. The zero-order valence-electron chi connectivity index (χ0n) is 38.5. The molecule has 4 saturated carbocycles. The van der Waals surface area contributed by atoms with E-state index in [1.165, 1.54) is 110 Å². The van der Waals surface area contributed by atoms with Gasteiger partial charge in [0.25, 0.3) is 0 Å². The monoisotopic (exact) mass is 825 g/mol. The minimum atomic E-state index is 0. The molecule has 0 aliphatic heterocycles. The lowest BCUT2D eigenvalue weighted by molar-refractivity contribution is 0.280. The molecule has 0 aromatic heterocycles. The summed E-state index contributed by atoms with van der Waals surface area (Å²) in [6.07, 6.45) is 20.6. The van der Waals surface area contributed by atoms with Crippen LogP contribution in [0.5, 0.6) is 0 Å². The highest BCUT2D eigenvalue weighted by molar-refractivity contribution is 5.67. The Balaban J connectivity index is 0.000000146. The molecule has 4 aliphatic rings. The van der Waals surface area contributed by atoms with Gasteiger partial charge in [0.15, 0.2) is 0 Å². The lowest BCUT2D eigenvalue weighted by Gasteiger charge is -2.22. The summed E-state index contributed by atoms with van der Waals surface area (Å²) in [6.45, 7) is 11.4. The highest BCUT2D eigenvalue weighted by atomic mass is 14.4. The molecular formula is C62H80. The summed E-state index contributed by atoms with van der Waals surface area (Å²) in [5, 5.41) is 0. The van der Waals surface area contributed by atoms with Crippen LogP contribution in [-0.2, 0) is 0 Å². The molecule has 0 N–H and O–H groups in total. The molecule has 0 amide bonds. The number of hydrogen-bond donors (Lipinski definition) is 0. The van der Waals surface area contributed by atoms with Crippen molar-refractivity contribution in [2.45, 2.75) is 144 Å². The Morgan fingerprint density at radius 3 is 1.23 bits per heavy atom. The third kappa shape index (κ3) is 14.4. The van der Waals surface area contributed by atoms with E-state index in [0.717, 1.165) is 35.5 Å². The van der Waals surface area contributed by atoms with Crippen LogP contribution in [0.1, 0.15) is 151 Å². The summed E-state index contributed by atoms with van der Waals surface area (Å²) in [4.78, 5) is 0. The topological polar surface area (TPSA) is 0 Å². The van der Waals surface area contributed by atoms with Crippen LogP contribution < -0.4 is 0 Å². The molecular weight excluding hydrogens is 745 g/mol. The Labute approximate surface area is 379 Å². The van der Waals surface area contributed by atoms with E-state index in [-0.39, 0.29) is 7.43 Å². The first-order chi connectivity index (χ1) is 29.9. The highest BCUT2D eigenvalue weighted by Crippen LogP contribution is 2.43. The van der Waals surface area contributed by atoms with Crippen molar-refractivity contribution < 1.29 is 0 Å². The minimum absolute atomic E-state index is 0. The predicted molar refractivity (Wildman–Crippen MR) is 273 cm³/mol. The standard InChI is InChI=1S/2C13H12.2C12H16.C11H20.CH4/c2*1-11-7-5-6-10-13(11)12-8-3-2-4-9-12;1-10-6-2-5-9-12(10)11-7-3-4-8-11;1-10-6-5-9-12(10)11-7-3-2-4-8-11;1-9-5-4-8-11(9)10-6-2-3-7-10;/h2*2-10H,1H3;2,5-6,9,11H,3-4,7-8H2,1H3;2-4,7-8,10,12H,5-6,9H2,1H3;9-11H,2-8H2,1H3;1H4. The third-order valence-electron chi connectivity index (χ3n) is 14.5. The van der Waals surface area contributed by atoms with Crippen LogP contribution in [0.2, 0.25) is 0 Å². The molecule has 0 nitrogen and oxygen atoms in total. The van der Waals surface area contributed by atoms with Gasteiger partial charge in [-0.15, -0.1) is 0 Å². The second kappa shape index (κ2) is 26.1. The van der Waals surface area contributed by atoms with Crippen molar-refractivity contribution in [2.75, 3.05) is 0 Å². The number of rotatable bonds is 5. The van der Waals surface area contributed by atoms with Gasteiger partial charge in [-0.2, -0.15) is 0 Å². The summed E-state index contributed by atoms with van der Waals surface area (Å²) in [5.74, 6) is 5.91. The number of benzene rings is 6. The van der Waals surface area contributed by atoms with Crippen LogP contribution in [-0.4, -0.2) is 0 Å². The third-order valence-corrected chi connectivity index (χ3v) is 14.5. The molecule has 4 atom stereocenters. The zero-order valence-corrected chi connectivity index (χ0v) is 38.5. The molecule has 4 unspecified atom stereocenters. The zero-order chi connectivity index (χ0) is 42.7. The first-order valence-electron chi connectivity index (χ1n) is 24.2. The van der Waals surface area contributed by atoms with Crippen LogP contribution in [0.4, 0.5) is 0 Å². The van der Waals surface area contributed by atoms with Gasteiger partial charge in [0, 0.05) is 0 Å². The molecule has 10 rings (SSSR count). The Bertz CT molecular complexity index is 2000. The fourth-order valence-electron chi connectivity index (χ4n) is 10.9. The van der Waals surface area contributed by atoms with E-state index in [0.29, 0.717) is 0 Å². The first kappa shape index (κ1) is 48.4. The van der Waals surface area contributed by atoms with E-state index in [1.807, 2.05) is 12.1 Å². The first-order valence-corrected chi connectivity index (χ1v) is 24.2. The van der Waals surface area contributed by atoms with Gasteiger partial charge < -0.3 is 0 Å². The van der Waals surface area contributed by atoms with Gasteiger partial charge in [-0.05, 0) is 132 Å². The number of aryl methyl sites for hydroxylation is 3.